The number of hydrogen-bond donors (Lipinski definition) is 0. The van der Waals surface area contributed by atoms with Crippen LogP contribution in [0.4, 0.5) is 0 Å². The molecule has 0 radical (unpaired) electrons. The highest BCUT2D eigenvalue weighted by Gasteiger charge is 2.24. The molecule has 0 aliphatic carbocycles. The Morgan fingerprint density at radius 2 is 2.00 bits per heavy atom. The van der Waals surface area contributed by atoms with Gasteiger partial charge < -0.3 is 0 Å². The summed E-state index contributed by atoms with van der Waals surface area (Å²) in [5.74, 6) is 0. The topological polar surface area (TPSA) is 0 Å². The summed E-state index contributed by atoms with van der Waals surface area (Å²) >= 11 is 11.4. The van der Waals surface area contributed by atoms with Crippen LogP contribution in [0.5, 0.6) is 0 Å². The van der Waals surface area contributed by atoms with Crippen molar-refractivity contribution in [2.75, 3.05) is 0 Å². The molecule has 0 aromatic carbocycles. The van der Waals surface area contributed by atoms with Crippen molar-refractivity contribution in [3.05, 3.63) is 20.8 Å². The van der Waals surface area contributed by atoms with Crippen molar-refractivity contribution in [2.45, 2.75) is 26.1 Å². The average molecular weight is 268 g/mol. The van der Waals surface area contributed by atoms with Crippen LogP contribution in [0.15, 0.2) is 15.9 Å². The molecule has 0 N–H and O–H groups in total. The van der Waals surface area contributed by atoms with Crippen molar-refractivity contribution in [2.24, 2.45) is 5.41 Å². The Labute approximate surface area is 91.1 Å². The third kappa shape index (κ3) is 2.48. The second-order valence-corrected chi connectivity index (χ2v) is 6.80. The van der Waals surface area contributed by atoms with Gasteiger partial charge in [0.2, 0.25) is 0 Å². The van der Waals surface area contributed by atoms with E-state index in [0.29, 0.717) is 0 Å². The minimum absolute atomic E-state index is 0.105. The first kappa shape index (κ1) is 10.6. The standard InChI is InChI=1S/C9H12BrClS/c1-9(2,3)8(11)6-4-5-7(10)12-6/h4-5,8H,1-3H3. The van der Waals surface area contributed by atoms with E-state index in [-0.39, 0.29) is 10.8 Å². The van der Waals surface area contributed by atoms with Gasteiger partial charge in [0.25, 0.3) is 0 Å². The molecular weight excluding hydrogens is 256 g/mol. The van der Waals surface area contributed by atoms with E-state index < -0.39 is 0 Å². The van der Waals surface area contributed by atoms with Crippen molar-refractivity contribution in [1.82, 2.24) is 0 Å². The van der Waals surface area contributed by atoms with Crippen LogP contribution < -0.4 is 0 Å². The zero-order valence-electron chi connectivity index (χ0n) is 7.40. The maximum Gasteiger partial charge on any atom is 0.0727 e. The fourth-order valence-electron chi connectivity index (χ4n) is 0.891. The van der Waals surface area contributed by atoms with Crippen molar-refractivity contribution in [3.8, 4) is 0 Å². The van der Waals surface area contributed by atoms with Gasteiger partial charge in [0.05, 0.1) is 9.16 Å². The van der Waals surface area contributed by atoms with Gasteiger partial charge in [0, 0.05) is 4.88 Å². The first-order chi connectivity index (χ1) is 5.41. The quantitative estimate of drug-likeness (QED) is 0.639. The van der Waals surface area contributed by atoms with E-state index in [1.165, 1.54) is 4.88 Å². The largest absolute Gasteiger partial charge is 0.132 e. The summed E-state index contributed by atoms with van der Waals surface area (Å²) in [5.41, 5.74) is 0.131. The molecule has 1 atom stereocenters. The summed E-state index contributed by atoms with van der Waals surface area (Å²) in [6.07, 6.45) is 0. The van der Waals surface area contributed by atoms with E-state index in [9.17, 15) is 0 Å². The predicted molar refractivity (Wildman–Crippen MR) is 60.1 cm³/mol. The van der Waals surface area contributed by atoms with Gasteiger partial charge >= 0.3 is 0 Å². The summed E-state index contributed by atoms with van der Waals surface area (Å²) in [7, 11) is 0. The summed E-state index contributed by atoms with van der Waals surface area (Å²) < 4.78 is 1.15. The summed E-state index contributed by atoms with van der Waals surface area (Å²) in [6, 6.07) is 4.12. The minimum atomic E-state index is 0.105. The van der Waals surface area contributed by atoms with Gasteiger partial charge in [0.15, 0.2) is 0 Å². The predicted octanol–water partition coefficient (Wildman–Crippen LogP) is 4.84. The second kappa shape index (κ2) is 3.69. The molecule has 1 unspecified atom stereocenters. The molecule has 12 heavy (non-hydrogen) atoms. The summed E-state index contributed by atoms with van der Waals surface area (Å²) in [4.78, 5) is 1.23. The average Bonchev–Trinajstić information content (AvgIpc) is 2.32. The van der Waals surface area contributed by atoms with Gasteiger partial charge in [-0.3, -0.25) is 0 Å². The highest BCUT2D eigenvalue weighted by atomic mass is 79.9. The Morgan fingerprint density at radius 1 is 1.42 bits per heavy atom. The molecule has 0 bridgehead atoms. The minimum Gasteiger partial charge on any atom is -0.132 e. The Hall–Kier alpha value is 0.470. The number of hydrogen-bond acceptors (Lipinski definition) is 1. The molecule has 1 heterocycles. The van der Waals surface area contributed by atoms with Crippen molar-refractivity contribution >= 4 is 38.9 Å². The van der Waals surface area contributed by atoms with Crippen LogP contribution in [0.25, 0.3) is 0 Å². The molecule has 0 saturated carbocycles. The van der Waals surface area contributed by atoms with Crippen LogP contribution in [0, 0.1) is 5.41 Å². The molecule has 0 spiro atoms. The van der Waals surface area contributed by atoms with E-state index in [1.807, 2.05) is 6.07 Å². The lowest BCUT2D eigenvalue weighted by atomic mass is 9.91. The number of alkyl halides is 1. The third-order valence-corrected chi connectivity index (χ3v) is 4.31. The number of rotatable bonds is 1. The fourth-order valence-corrected chi connectivity index (χ4v) is 2.74. The lowest BCUT2D eigenvalue weighted by Crippen LogP contribution is -2.11. The highest BCUT2D eigenvalue weighted by molar-refractivity contribution is 9.11. The first-order valence-electron chi connectivity index (χ1n) is 3.80. The first-order valence-corrected chi connectivity index (χ1v) is 5.85. The van der Waals surface area contributed by atoms with Crippen LogP contribution in [-0.4, -0.2) is 0 Å². The summed E-state index contributed by atoms with van der Waals surface area (Å²) in [6.45, 7) is 6.45. The van der Waals surface area contributed by atoms with E-state index in [0.717, 1.165) is 3.79 Å². The van der Waals surface area contributed by atoms with Crippen LogP contribution in [0.3, 0.4) is 0 Å². The van der Waals surface area contributed by atoms with Gasteiger partial charge in [-0.15, -0.1) is 22.9 Å². The van der Waals surface area contributed by atoms with Gasteiger partial charge in [0.1, 0.15) is 0 Å². The lowest BCUT2D eigenvalue weighted by molar-refractivity contribution is 0.399. The number of halogens is 2. The van der Waals surface area contributed by atoms with Crippen LogP contribution in [-0.2, 0) is 0 Å². The Balaban J connectivity index is 2.85. The fraction of sp³-hybridized carbons (Fsp3) is 0.556. The van der Waals surface area contributed by atoms with E-state index >= 15 is 0 Å². The molecule has 1 aromatic heterocycles. The third-order valence-electron chi connectivity index (χ3n) is 1.60. The molecule has 0 fully saturated rings. The van der Waals surface area contributed by atoms with Crippen molar-refractivity contribution in [3.63, 3.8) is 0 Å². The van der Waals surface area contributed by atoms with Gasteiger partial charge in [-0.2, -0.15) is 0 Å². The van der Waals surface area contributed by atoms with E-state index in [1.54, 1.807) is 11.3 Å². The zero-order valence-corrected chi connectivity index (χ0v) is 10.6. The summed E-state index contributed by atoms with van der Waals surface area (Å²) in [5, 5.41) is 0.105. The van der Waals surface area contributed by atoms with Gasteiger partial charge in [-0.25, -0.2) is 0 Å². The van der Waals surface area contributed by atoms with Crippen LogP contribution in [0.2, 0.25) is 0 Å². The normalized spacial score (nSPS) is 14.8. The lowest BCUT2D eigenvalue weighted by Gasteiger charge is -2.23. The smallest absolute Gasteiger partial charge is 0.0727 e. The van der Waals surface area contributed by atoms with Gasteiger partial charge in [-0.05, 0) is 33.5 Å². The van der Waals surface area contributed by atoms with Crippen LogP contribution in [0.1, 0.15) is 31.0 Å². The molecule has 0 aliphatic rings. The van der Waals surface area contributed by atoms with E-state index in [4.69, 9.17) is 11.6 Å². The zero-order chi connectivity index (χ0) is 9.35. The molecule has 3 heteroatoms. The second-order valence-electron chi connectivity index (χ2n) is 3.87. The maximum absolute atomic E-state index is 6.29. The monoisotopic (exact) mass is 266 g/mol. The molecule has 1 aromatic rings. The number of thiophene rings is 1. The Kier molecular flexibility index (Phi) is 3.24. The van der Waals surface area contributed by atoms with Crippen molar-refractivity contribution < 1.29 is 0 Å². The van der Waals surface area contributed by atoms with Gasteiger partial charge in [-0.1, -0.05) is 20.8 Å². The van der Waals surface area contributed by atoms with Crippen LogP contribution >= 0.6 is 38.9 Å². The Bertz CT molecular complexity index is 262. The maximum atomic E-state index is 6.29. The molecule has 1 rings (SSSR count). The highest BCUT2D eigenvalue weighted by Crippen LogP contribution is 2.42. The van der Waals surface area contributed by atoms with Crippen molar-refractivity contribution in [1.29, 1.82) is 0 Å². The molecule has 0 amide bonds. The Morgan fingerprint density at radius 3 is 2.33 bits per heavy atom. The SMILES string of the molecule is CC(C)(C)C(Cl)c1ccc(Br)s1. The molecule has 0 nitrogen and oxygen atoms in total. The van der Waals surface area contributed by atoms with E-state index in [2.05, 4.69) is 42.8 Å². The molecule has 0 saturated heterocycles. The molecule has 68 valence electrons. The molecule has 0 aliphatic heterocycles. The molecular formula is C9H12BrClS.